The Bertz CT molecular complexity index is 548. The van der Waals surface area contributed by atoms with Crippen molar-refractivity contribution in [1.29, 1.82) is 0 Å². The Morgan fingerprint density at radius 1 is 1.53 bits per heavy atom. The Balaban J connectivity index is 2.54. The fourth-order valence-corrected chi connectivity index (χ4v) is 2.06. The van der Waals surface area contributed by atoms with Gasteiger partial charge in [-0.15, -0.1) is 0 Å². The second-order valence-corrected chi connectivity index (χ2v) is 4.50. The monoisotopic (exact) mass is 251 g/mol. The third-order valence-corrected chi connectivity index (χ3v) is 3.09. The van der Waals surface area contributed by atoms with Gasteiger partial charge in [-0.05, 0) is 19.1 Å². The number of carbonyl (C=O) groups excluding carboxylic acids is 1. The molecule has 3 nitrogen and oxygen atoms in total. The summed E-state index contributed by atoms with van der Waals surface area (Å²) in [5.74, 6) is 0. The number of hydrogen-bond donors (Lipinski definition) is 0. The summed E-state index contributed by atoms with van der Waals surface area (Å²) < 4.78 is 7.23. The largest absolute Gasteiger partial charge is 0.380 e. The van der Waals surface area contributed by atoms with E-state index in [1.54, 1.807) is 13.2 Å². The van der Waals surface area contributed by atoms with E-state index in [9.17, 15) is 4.79 Å². The van der Waals surface area contributed by atoms with E-state index in [1.807, 2.05) is 29.8 Å². The molecule has 0 aliphatic heterocycles. The first-order chi connectivity index (χ1) is 8.15. The quantitative estimate of drug-likeness (QED) is 0.782. The van der Waals surface area contributed by atoms with Gasteiger partial charge in [0, 0.05) is 35.8 Å². The lowest BCUT2D eigenvalue weighted by molar-refractivity contribution is 0.104. The minimum atomic E-state index is 0.0871. The Morgan fingerprint density at radius 3 is 2.94 bits per heavy atom. The van der Waals surface area contributed by atoms with Crippen molar-refractivity contribution in [2.75, 3.05) is 7.11 Å². The lowest BCUT2D eigenvalue weighted by Crippen LogP contribution is -2.13. The highest BCUT2D eigenvalue weighted by Crippen LogP contribution is 2.24. The number of benzene rings is 1. The van der Waals surface area contributed by atoms with Gasteiger partial charge in [0.05, 0.1) is 11.6 Å². The van der Waals surface area contributed by atoms with Gasteiger partial charge in [0.2, 0.25) is 0 Å². The number of nitrogens with zero attached hydrogens (tertiary/aromatic N) is 1. The van der Waals surface area contributed by atoms with Crippen LogP contribution in [0.25, 0.3) is 10.9 Å². The number of aldehydes is 1. The maximum atomic E-state index is 11.0. The van der Waals surface area contributed by atoms with Crippen molar-refractivity contribution >= 4 is 28.8 Å². The molecule has 1 heterocycles. The SMILES string of the molecule is COC(C)Cn1cc(C=O)c2ccc(Cl)cc21. The third kappa shape index (κ3) is 2.35. The molecule has 0 aliphatic carbocycles. The van der Waals surface area contributed by atoms with E-state index in [1.165, 1.54) is 0 Å². The second-order valence-electron chi connectivity index (χ2n) is 4.06. The van der Waals surface area contributed by atoms with E-state index in [-0.39, 0.29) is 6.10 Å². The highest BCUT2D eigenvalue weighted by Gasteiger charge is 2.10. The molecule has 2 aromatic rings. The van der Waals surface area contributed by atoms with E-state index < -0.39 is 0 Å². The van der Waals surface area contributed by atoms with Crippen LogP contribution in [0.2, 0.25) is 5.02 Å². The van der Waals surface area contributed by atoms with Gasteiger partial charge in [0.25, 0.3) is 0 Å². The maximum Gasteiger partial charge on any atom is 0.152 e. The summed E-state index contributed by atoms with van der Waals surface area (Å²) in [6, 6.07) is 5.53. The van der Waals surface area contributed by atoms with Crippen LogP contribution < -0.4 is 0 Å². The molecule has 1 atom stereocenters. The zero-order valence-electron chi connectivity index (χ0n) is 9.81. The third-order valence-electron chi connectivity index (χ3n) is 2.86. The zero-order chi connectivity index (χ0) is 12.4. The molecule has 0 saturated heterocycles. The lowest BCUT2D eigenvalue weighted by atomic mass is 10.2. The number of aromatic nitrogens is 1. The van der Waals surface area contributed by atoms with Gasteiger partial charge < -0.3 is 9.30 Å². The number of methoxy groups -OCH3 is 1. The molecule has 0 aliphatic rings. The average molecular weight is 252 g/mol. The first-order valence-corrected chi connectivity index (χ1v) is 5.80. The highest BCUT2D eigenvalue weighted by atomic mass is 35.5. The standard InChI is InChI=1S/C13H14ClNO2/c1-9(17-2)6-15-7-10(8-16)12-4-3-11(14)5-13(12)15/h3-5,7-9H,6H2,1-2H3. The molecule has 0 spiro atoms. The Kier molecular flexibility index (Phi) is 3.50. The summed E-state index contributed by atoms with van der Waals surface area (Å²) in [6.07, 6.45) is 2.79. The Labute approximate surface area is 105 Å². The Morgan fingerprint density at radius 2 is 2.29 bits per heavy atom. The first-order valence-electron chi connectivity index (χ1n) is 5.42. The van der Waals surface area contributed by atoms with Crippen LogP contribution in [0.3, 0.4) is 0 Å². The van der Waals surface area contributed by atoms with Crippen molar-refractivity contribution in [3.8, 4) is 0 Å². The number of halogens is 1. The molecule has 17 heavy (non-hydrogen) atoms. The summed E-state index contributed by atoms with van der Waals surface area (Å²) in [5, 5.41) is 1.59. The fourth-order valence-electron chi connectivity index (χ4n) is 1.89. The molecule has 1 aromatic carbocycles. The van der Waals surface area contributed by atoms with Crippen molar-refractivity contribution in [2.24, 2.45) is 0 Å². The summed E-state index contributed by atoms with van der Waals surface area (Å²) in [6.45, 7) is 2.68. The molecule has 2 rings (SSSR count). The molecular formula is C13H14ClNO2. The van der Waals surface area contributed by atoms with Crippen LogP contribution in [-0.2, 0) is 11.3 Å². The molecule has 0 fully saturated rings. The number of carbonyl (C=O) groups is 1. The van der Waals surface area contributed by atoms with Crippen molar-refractivity contribution in [3.63, 3.8) is 0 Å². The smallest absolute Gasteiger partial charge is 0.152 e. The van der Waals surface area contributed by atoms with Crippen LogP contribution in [0, 0.1) is 0 Å². The molecule has 1 unspecified atom stereocenters. The van der Waals surface area contributed by atoms with E-state index in [4.69, 9.17) is 16.3 Å². The molecule has 0 saturated carbocycles. The fraction of sp³-hybridized carbons (Fsp3) is 0.308. The van der Waals surface area contributed by atoms with Gasteiger partial charge in [0.1, 0.15) is 0 Å². The van der Waals surface area contributed by atoms with Gasteiger partial charge in [-0.25, -0.2) is 0 Å². The number of rotatable bonds is 4. The molecule has 0 radical (unpaired) electrons. The molecule has 0 N–H and O–H groups in total. The predicted octanol–water partition coefficient (Wildman–Crippen LogP) is 3.14. The van der Waals surface area contributed by atoms with Crippen LogP contribution in [0.5, 0.6) is 0 Å². The summed E-state index contributed by atoms with van der Waals surface area (Å²) >= 11 is 5.98. The van der Waals surface area contributed by atoms with Gasteiger partial charge in [-0.2, -0.15) is 0 Å². The van der Waals surface area contributed by atoms with Crippen molar-refractivity contribution in [2.45, 2.75) is 19.6 Å². The molecule has 0 amide bonds. The topological polar surface area (TPSA) is 31.2 Å². The summed E-state index contributed by atoms with van der Waals surface area (Å²) in [7, 11) is 1.67. The molecule has 90 valence electrons. The average Bonchev–Trinajstić information content (AvgIpc) is 2.66. The van der Waals surface area contributed by atoms with Crippen LogP contribution in [0.15, 0.2) is 24.4 Å². The summed E-state index contributed by atoms with van der Waals surface area (Å²) in [5.41, 5.74) is 1.64. The van der Waals surface area contributed by atoms with E-state index in [2.05, 4.69) is 0 Å². The van der Waals surface area contributed by atoms with Gasteiger partial charge >= 0.3 is 0 Å². The zero-order valence-corrected chi connectivity index (χ0v) is 10.6. The second kappa shape index (κ2) is 4.90. The van der Waals surface area contributed by atoms with E-state index in [0.717, 1.165) is 17.2 Å². The molecule has 0 bridgehead atoms. The van der Waals surface area contributed by atoms with Crippen LogP contribution in [0.1, 0.15) is 17.3 Å². The van der Waals surface area contributed by atoms with Crippen LogP contribution in [0.4, 0.5) is 0 Å². The summed E-state index contributed by atoms with van der Waals surface area (Å²) in [4.78, 5) is 11.0. The van der Waals surface area contributed by atoms with Crippen LogP contribution in [-0.4, -0.2) is 24.1 Å². The molecule has 1 aromatic heterocycles. The number of ether oxygens (including phenoxy) is 1. The predicted molar refractivity (Wildman–Crippen MR) is 68.8 cm³/mol. The van der Waals surface area contributed by atoms with Gasteiger partial charge in [0.15, 0.2) is 6.29 Å². The van der Waals surface area contributed by atoms with E-state index >= 15 is 0 Å². The number of hydrogen-bond acceptors (Lipinski definition) is 2. The first kappa shape index (κ1) is 12.1. The highest BCUT2D eigenvalue weighted by molar-refractivity contribution is 6.31. The minimum Gasteiger partial charge on any atom is -0.380 e. The Hall–Kier alpha value is -1.32. The van der Waals surface area contributed by atoms with Crippen molar-refractivity contribution < 1.29 is 9.53 Å². The number of fused-ring (bicyclic) bond motifs is 1. The minimum absolute atomic E-state index is 0.0871. The van der Waals surface area contributed by atoms with Crippen molar-refractivity contribution in [1.82, 2.24) is 4.57 Å². The lowest BCUT2D eigenvalue weighted by Gasteiger charge is -2.11. The van der Waals surface area contributed by atoms with Gasteiger partial charge in [-0.3, -0.25) is 4.79 Å². The van der Waals surface area contributed by atoms with E-state index in [0.29, 0.717) is 17.1 Å². The maximum absolute atomic E-state index is 11.0. The van der Waals surface area contributed by atoms with Crippen molar-refractivity contribution in [3.05, 3.63) is 35.0 Å². The van der Waals surface area contributed by atoms with Gasteiger partial charge in [-0.1, -0.05) is 17.7 Å². The van der Waals surface area contributed by atoms with Crippen LogP contribution >= 0.6 is 11.6 Å². The molecule has 4 heteroatoms. The normalized spacial score (nSPS) is 12.9. The molecular weight excluding hydrogens is 238 g/mol.